The number of esters is 1. The molecule has 0 radical (unpaired) electrons. The topological polar surface area (TPSA) is 64.6 Å². The Balaban J connectivity index is 1.42. The molecule has 1 aliphatic carbocycles. The van der Waals surface area contributed by atoms with Crippen LogP contribution in [0.15, 0.2) is 48.5 Å². The lowest BCUT2D eigenvalue weighted by Gasteiger charge is -2.26. The fourth-order valence-corrected chi connectivity index (χ4v) is 3.29. The molecule has 0 saturated carbocycles. The van der Waals surface area contributed by atoms with Crippen molar-refractivity contribution in [2.24, 2.45) is 0 Å². The van der Waals surface area contributed by atoms with Crippen LogP contribution in [0.2, 0.25) is 0 Å². The minimum atomic E-state index is -0.561. The van der Waals surface area contributed by atoms with Crippen molar-refractivity contribution in [2.45, 2.75) is 38.6 Å². The van der Waals surface area contributed by atoms with Crippen molar-refractivity contribution in [1.29, 1.82) is 0 Å². The number of ether oxygens (including phenoxy) is 2. The van der Waals surface area contributed by atoms with E-state index >= 15 is 0 Å². The second kappa shape index (κ2) is 9.21. The smallest absolute Gasteiger partial charge is 0.344 e. The van der Waals surface area contributed by atoms with E-state index in [9.17, 15) is 9.59 Å². The summed E-state index contributed by atoms with van der Waals surface area (Å²) in [6, 6.07) is 15.7. The molecule has 0 heterocycles. The molecule has 0 unspecified atom stereocenters. The first-order valence-corrected chi connectivity index (χ1v) is 9.40. The summed E-state index contributed by atoms with van der Waals surface area (Å²) >= 11 is 0. The standard InChI is InChI=1S/C22H25NO4/c1-2-16-10-12-18(13-11-16)26-15-22(25)27-14-21(24)23-20-9-5-7-17-6-3-4-8-19(17)20/h3-4,6,8,10-13,20H,2,5,7,9,14-15H2,1H3,(H,23,24)/t20-/m0/s1. The fourth-order valence-electron chi connectivity index (χ4n) is 3.29. The Kier molecular flexibility index (Phi) is 6.47. The second-order valence-electron chi connectivity index (χ2n) is 6.66. The maximum Gasteiger partial charge on any atom is 0.344 e. The molecule has 0 aliphatic heterocycles. The molecule has 5 nitrogen and oxygen atoms in total. The first-order chi connectivity index (χ1) is 13.2. The molecule has 1 amide bonds. The lowest BCUT2D eigenvalue weighted by atomic mass is 9.88. The third-order valence-corrected chi connectivity index (χ3v) is 4.76. The number of aryl methyl sites for hydroxylation is 2. The number of nitrogens with one attached hydrogen (secondary N) is 1. The van der Waals surface area contributed by atoms with E-state index in [0.717, 1.165) is 31.2 Å². The van der Waals surface area contributed by atoms with Crippen LogP contribution < -0.4 is 10.1 Å². The van der Waals surface area contributed by atoms with Crippen LogP contribution in [-0.4, -0.2) is 25.1 Å². The van der Waals surface area contributed by atoms with E-state index in [1.165, 1.54) is 11.1 Å². The zero-order valence-corrected chi connectivity index (χ0v) is 15.6. The van der Waals surface area contributed by atoms with Gasteiger partial charge < -0.3 is 14.8 Å². The molecule has 2 aromatic rings. The van der Waals surface area contributed by atoms with Gasteiger partial charge in [0.2, 0.25) is 0 Å². The summed E-state index contributed by atoms with van der Waals surface area (Å²) in [7, 11) is 0. The van der Waals surface area contributed by atoms with Crippen molar-refractivity contribution in [3.05, 3.63) is 65.2 Å². The summed E-state index contributed by atoms with van der Waals surface area (Å²) in [6.45, 7) is 1.56. The minimum absolute atomic E-state index is 0.0190. The average Bonchev–Trinajstić information content (AvgIpc) is 2.71. The van der Waals surface area contributed by atoms with E-state index in [-0.39, 0.29) is 25.2 Å². The van der Waals surface area contributed by atoms with E-state index in [1.54, 1.807) is 0 Å². The number of benzene rings is 2. The van der Waals surface area contributed by atoms with Gasteiger partial charge in [-0.05, 0) is 54.5 Å². The number of carbonyl (C=O) groups is 2. The Morgan fingerprint density at radius 1 is 1.07 bits per heavy atom. The van der Waals surface area contributed by atoms with Gasteiger partial charge in [-0.3, -0.25) is 4.79 Å². The van der Waals surface area contributed by atoms with E-state index in [1.807, 2.05) is 42.5 Å². The number of carbonyl (C=O) groups excluding carboxylic acids is 2. The van der Waals surface area contributed by atoms with Crippen LogP contribution in [0.25, 0.3) is 0 Å². The van der Waals surface area contributed by atoms with Crippen LogP contribution in [-0.2, 0) is 27.2 Å². The first kappa shape index (κ1) is 19.0. The van der Waals surface area contributed by atoms with Crippen molar-refractivity contribution in [3.8, 4) is 5.75 Å². The van der Waals surface area contributed by atoms with Gasteiger partial charge in [0.05, 0.1) is 6.04 Å². The SMILES string of the molecule is CCc1ccc(OCC(=O)OCC(=O)N[C@H]2CCCc3ccccc32)cc1. The molecular formula is C22H25NO4. The van der Waals surface area contributed by atoms with Crippen LogP contribution in [0.3, 0.4) is 0 Å². The van der Waals surface area contributed by atoms with Crippen LogP contribution in [0.5, 0.6) is 5.75 Å². The molecule has 1 atom stereocenters. The van der Waals surface area contributed by atoms with Crippen LogP contribution >= 0.6 is 0 Å². The summed E-state index contributed by atoms with van der Waals surface area (Å²) in [5, 5.41) is 2.96. The summed E-state index contributed by atoms with van der Waals surface area (Å²) in [5.41, 5.74) is 3.63. The number of amides is 1. The van der Waals surface area contributed by atoms with Gasteiger partial charge in [-0.25, -0.2) is 4.79 Å². The predicted octanol–water partition coefficient (Wildman–Crippen LogP) is 3.36. The van der Waals surface area contributed by atoms with Crippen LogP contribution in [0.1, 0.15) is 42.5 Å². The molecule has 0 saturated heterocycles. The molecule has 0 aromatic heterocycles. The molecule has 0 fully saturated rings. The van der Waals surface area contributed by atoms with Gasteiger partial charge >= 0.3 is 5.97 Å². The van der Waals surface area contributed by atoms with E-state index < -0.39 is 5.97 Å². The predicted molar refractivity (Wildman–Crippen MR) is 103 cm³/mol. The van der Waals surface area contributed by atoms with Crippen molar-refractivity contribution in [1.82, 2.24) is 5.32 Å². The lowest BCUT2D eigenvalue weighted by Crippen LogP contribution is -2.34. The van der Waals surface area contributed by atoms with Gasteiger partial charge in [-0.1, -0.05) is 43.3 Å². The highest BCUT2D eigenvalue weighted by Gasteiger charge is 2.21. The Morgan fingerprint density at radius 2 is 1.85 bits per heavy atom. The Labute approximate surface area is 159 Å². The number of hydrogen-bond acceptors (Lipinski definition) is 4. The van der Waals surface area contributed by atoms with Crippen molar-refractivity contribution in [2.75, 3.05) is 13.2 Å². The van der Waals surface area contributed by atoms with Gasteiger partial charge in [0.25, 0.3) is 5.91 Å². The monoisotopic (exact) mass is 367 g/mol. The summed E-state index contributed by atoms with van der Waals surface area (Å²) < 4.78 is 10.4. The molecule has 1 aliphatic rings. The molecule has 142 valence electrons. The van der Waals surface area contributed by atoms with Gasteiger partial charge in [0.15, 0.2) is 13.2 Å². The third kappa shape index (κ3) is 5.33. The lowest BCUT2D eigenvalue weighted by molar-refractivity contribution is -0.150. The highest BCUT2D eigenvalue weighted by molar-refractivity contribution is 5.81. The van der Waals surface area contributed by atoms with Crippen molar-refractivity contribution >= 4 is 11.9 Å². The molecule has 2 aromatic carbocycles. The average molecular weight is 367 g/mol. The zero-order chi connectivity index (χ0) is 19.1. The zero-order valence-electron chi connectivity index (χ0n) is 15.6. The largest absolute Gasteiger partial charge is 0.482 e. The van der Waals surface area contributed by atoms with E-state index in [2.05, 4.69) is 18.3 Å². The second-order valence-corrected chi connectivity index (χ2v) is 6.66. The molecule has 5 heteroatoms. The van der Waals surface area contributed by atoms with Crippen LogP contribution in [0.4, 0.5) is 0 Å². The van der Waals surface area contributed by atoms with Crippen LogP contribution in [0, 0.1) is 0 Å². The van der Waals surface area contributed by atoms with Crippen molar-refractivity contribution in [3.63, 3.8) is 0 Å². The summed E-state index contributed by atoms with van der Waals surface area (Å²) in [6.07, 6.45) is 3.91. The Hall–Kier alpha value is -2.82. The molecular weight excluding hydrogens is 342 g/mol. The first-order valence-electron chi connectivity index (χ1n) is 9.40. The van der Waals surface area contributed by atoms with Gasteiger partial charge in [0.1, 0.15) is 5.75 Å². The Morgan fingerprint density at radius 3 is 2.63 bits per heavy atom. The third-order valence-electron chi connectivity index (χ3n) is 4.76. The number of rotatable bonds is 7. The minimum Gasteiger partial charge on any atom is -0.482 e. The number of fused-ring (bicyclic) bond motifs is 1. The molecule has 1 N–H and O–H groups in total. The summed E-state index contributed by atoms with van der Waals surface area (Å²) in [4.78, 5) is 23.9. The van der Waals surface area contributed by atoms with Gasteiger partial charge in [-0.15, -0.1) is 0 Å². The normalized spacial score (nSPS) is 15.5. The molecule has 0 bridgehead atoms. The van der Waals surface area contributed by atoms with E-state index in [0.29, 0.717) is 5.75 Å². The van der Waals surface area contributed by atoms with Gasteiger partial charge in [-0.2, -0.15) is 0 Å². The molecule has 3 rings (SSSR count). The van der Waals surface area contributed by atoms with Crippen molar-refractivity contribution < 1.29 is 19.1 Å². The highest BCUT2D eigenvalue weighted by atomic mass is 16.6. The number of hydrogen-bond donors (Lipinski definition) is 1. The Bertz CT molecular complexity index is 785. The highest BCUT2D eigenvalue weighted by Crippen LogP contribution is 2.29. The molecule has 27 heavy (non-hydrogen) atoms. The quantitative estimate of drug-likeness (QED) is 0.762. The van der Waals surface area contributed by atoms with E-state index in [4.69, 9.17) is 9.47 Å². The molecule has 0 spiro atoms. The maximum absolute atomic E-state index is 12.1. The maximum atomic E-state index is 12.1. The van der Waals surface area contributed by atoms with Gasteiger partial charge in [0, 0.05) is 0 Å². The summed E-state index contributed by atoms with van der Waals surface area (Å²) in [5.74, 6) is -0.251. The fraction of sp³-hybridized carbons (Fsp3) is 0.364.